The summed E-state index contributed by atoms with van der Waals surface area (Å²) in [7, 11) is 3.39. The molecule has 1 amide bonds. The molecule has 250 valence electrons. The molecule has 1 heterocycles. The number of hydrogen-bond donors (Lipinski definition) is 1. The molecule has 0 radical (unpaired) electrons. The molecular weight excluding hydrogens is 611 g/mol. The average molecular weight is 659 g/mol. The summed E-state index contributed by atoms with van der Waals surface area (Å²) >= 11 is 0. The van der Waals surface area contributed by atoms with Crippen molar-refractivity contribution in [3.63, 3.8) is 0 Å². The van der Waals surface area contributed by atoms with Gasteiger partial charge in [-0.3, -0.25) is 9.69 Å². The van der Waals surface area contributed by atoms with Crippen LogP contribution in [-0.4, -0.2) is 44.2 Å². The number of fused-ring (bicyclic) bond motifs is 1. The van der Waals surface area contributed by atoms with Gasteiger partial charge in [-0.05, 0) is 104 Å². The van der Waals surface area contributed by atoms with Crippen LogP contribution in [0.1, 0.15) is 66.8 Å². The van der Waals surface area contributed by atoms with Crippen molar-refractivity contribution in [1.82, 2.24) is 10.2 Å². The van der Waals surface area contributed by atoms with Crippen molar-refractivity contribution < 1.29 is 18.7 Å². The van der Waals surface area contributed by atoms with Gasteiger partial charge >= 0.3 is 0 Å². The van der Waals surface area contributed by atoms with Crippen LogP contribution in [-0.2, 0) is 29.6 Å². The third kappa shape index (κ3) is 9.15. The number of nitrogens with one attached hydrogen (secondary N) is 1. The van der Waals surface area contributed by atoms with Gasteiger partial charge in [0.15, 0.2) is 11.5 Å². The van der Waals surface area contributed by atoms with Crippen molar-refractivity contribution >= 4 is 18.3 Å². The largest absolute Gasteiger partial charge is 0.493 e. The number of hydrogen-bond acceptors (Lipinski definition) is 4. The van der Waals surface area contributed by atoms with Crippen molar-refractivity contribution in [2.24, 2.45) is 0 Å². The van der Waals surface area contributed by atoms with Crippen molar-refractivity contribution in [2.75, 3.05) is 27.3 Å². The summed E-state index contributed by atoms with van der Waals surface area (Å²) in [6.07, 6.45) is 5.81. The van der Waals surface area contributed by atoms with Gasteiger partial charge < -0.3 is 14.8 Å². The summed E-state index contributed by atoms with van der Waals surface area (Å²) in [5, 5.41) is 3.14. The molecule has 5 nitrogen and oxygen atoms in total. The van der Waals surface area contributed by atoms with Gasteiger partial charge in [-0.2, -0.15) is 0 Å². The summed E-state index contributed by atoms with van der Waals surface area (Å²) in [6, 6.07) is 32.8. The van der Waals surface area contributed by atoms with Crippen molar-refractivity contribution in [2.45, 2.75) is 69.9 Å². The van der Waals surface area contributed by atoms with E-state index in [9.17, 15) is 9.18 Å². The Labute approximate surface area is 285 Å². The van der Waals surface area contributed by atoms with E-state index in [2.05, 4.69) is 89.9 Å². The number of amides is 1. The maximum atomic E-state index is 13.2. The predicted octanol–water partition coefficient (Wildman–Crippen LogP) is 8.31. The highest BCUT2D eigenvalue weighted by atomic mass is 35.5. The summed E-state index contributed by atoms with van der Waals surface area (Å²) in [6.45, 7) is 4.83. The maximum absolute atomic E-state index is 13.2. The number of ether oxygens (including phenoxy) is 2. The monoisotopic (exact) mass is 658 g/mol. The van der Waals surface area contributed by atoms with Gasteiger partial charge in [-0.15, -0.1) is 12.4 Å². The van der Waals surface area contributed by atoms with Crippen LogP contribution in [0.4, 0.5) is 4.39 Å². The minimum absolute atomic E-state index is 0. The quantitative estimate of drug-likeness (QED) is 0.131. The van der Waals surface area contributed by atoms with Gasteiger partial charge in [0.2, 0.25) is 5.91 Å². The number of rotatable bonds is 15. The SMILES string of the molecule is COc1cc2c(cc1OC)CN(CCCC(CCCNC(=O)CCc1ccc(F)cc1)(c1ccccc1)c1ccccc1)C(C)C2.Cl. The second-order valence-corrected chi connectivity index (χ2v) is 12.5. The Bertz CT molecular complexity index is 1510. The van der Waals surface area contributed by atoms with Crippen molar-refractivity contribution in [1.29, 1.82) is 0 Å². The molecule has 0 fully saturated rings. The van der Waals surface area contributed by atoms with Crippen LogP contribution >= 0.6 is 12.4 Å². The van der Waals surface area contributed by atoms with E-state index in [-0.39, 0.29) is 29.5 Å². The molecule has 4 aromatic carbocycles. The Kier molecular flexibility index (Phi) is 13.3. The van der Waals surface area contributed by atoms with E-state index in [1.54, 1.807) is 26.4 Å². The standard InChI is InChI=1S/C40H47FN2O3.ClH/c1-30-26-32-27-37(45-2)38(46-3)28-33(32)29-43(30)25-11-23-40(34-12-6-4-7-13-34,35-14-8-5-9-15-35)22-10-24-42-39(44)21-18-31-16-19-36(41)20-17-31;/h4-9,12-17,19-20,27-28,30H,10-11,18,21-26,29H2,1-3H3,(H,42,44);1H. The first-order chi connectivity index (χ1) is 22.4. The number of nitrogens with zero attached hydrogens (tertiary/aromatic N) is 1. The van der Waals surface area contributed by atoms with Crippen LogP contribution in [0.5, 0.6) is 11.5 Å². The number of carbonyl (C=O) groups is 1. The Balaban J connectivity index is 0.00000500. The summed E-state index contributed by atoms with van der Waals surface area (Å²) in [5.74, 6) is 1.35. The zero-order chi connectivity index (χ0) is 32.4. The third-order valence-corrected chi connectivity index (χ3v) is 9.58. The van der Waals surface area contributed by atoms with E-state index in [0.29, 0.717) is 25.4 Å². The molecule has 1 atom stereocenters. The molecule has 0 saturated heterocycles. The minimum atomic E-state index is -0.258. The molecule has 0 bridgehead atoms. The smallest absolute Gasteiger partial charge is 0.220 e. The van der Waals surface area contributed by atoms with Crippen LogP contribution < -0.4 is 14.8 Å². The first kappa shape index (κ1) is 36.0. The second-order valence-electron chi connectivity index (χ2n) is 12.5. The summed E-state index contributed by atoms with van der Waals surface area (Å²) in [4.78, 5) is 15.3. The maximum Gasteiger partial charge on any atom is 0.220 e. The number of methoxy groups -OCH3 is 2. The predicted molar refractivity (Wildman–Crippen MR) is 190 cm³/mol. The van der Waals surface area contributed by atoms with E-state index >= 15 is 0 Å². The molecule has 1 unspecified atom stereocenters. The van der Waals surface area contributed by atoms with Gasteiger partial charge in [0.05, 0.1) is 14.2 Å². The Morgan fingerprint density at radius 1 is 0.851 bits per heavy atom. The lowest BCUT2D eigenvalue weighted by Gasteiger charge is -2.38. The van der Waals surface area contributed by atoms with Crippen molar-refractivity contribution in [3.05, 3.63) is 131 Å². The van der Waals surface area contributed by atoms with Crippen LogP contribution in [0.3, 0.4) is 0 Å². The molecule has 7 heteroatoms. The number of carbonyl (C=O) groups excluding carboxylic acids is 1. The Morgan fingerprint density at radius 3 is 2.02 bits per heavy atom. The second kappa shape index (κ2) is 17.3. The van der Waals surface area contributed by atoms with Crippen LogP contribution in [0.2, 0.25) is 0 Å². The van der Waals surface area contributed by atoms with E-state index in [1.165, 1.54) is 34.4 Å². The highest BCUT2D eigenvalue weighted by molar-refractivity contribution is 5.85. The highest BCUT2D eigenvalue weighted by Crippen LogP contribution is 2.41. The summed E-state index contributed by atoms with van der Waals surface area (Å²) < 4.78 is 24.4. The minimum Gasteiger partial charge on any atom is -0.493 e. The van der Waals surface area contributed by atoms with Crippen LogP contribution in [0.15, 0.2) is 97.1 Å². The molecule has 0 spiro atoms. The van der Waals surface area contributed by atoms with E-state index in [4.69, 9.17) is 9.47 Å². The Morgan fingerprint density at radius 2 is 1.43 bits per heavy atom. The summed E-state index contributed by atoms with van der Waals surface area (Å²) in [5.41, 5.74) is 6.08. The lowest BCUT2D eigenvalue weighted by atomic mass is 9.68. The van der Waals surface area contributed by atoms with E-state index in [0.717, 1.165) is 62.3 Å². The molecule has 1 aliphatic heterocycles. The van der Waals surface area contributed by atoms with Gasteiger partial charge in [-0.1, -0.05) is 72.8 Å². The lowest BCUT2D eigenvalue weighted by Crippen LogP contribution is -2.40. The average Bonchev–Trinajstić information content (AvgIpc) is 3.09. The topological polar surface area (TPSA) is 50.8 Å². The van der Waals surface area contributed by atoms with Crippen LogP contribution in [0, 0.1) is 5.82 Å². The zero-order valence-corrected chi connectivity index (χ0v) is 28.7. The van der Waals surface area contributed by atoms with Gasteiger partial charge in [0.1, 0.15) is 5.82 Å². The van der Waals surface area contributed by atoms with E-state index in [1.807, 2.05) is 0 Å². The molecule has 5 rings (SSSR count). The normalized spacial score (nSPS) is 14.5. The highest BCUT2D eigenvalue weighted by Gasteiger charge is 2.34. The molecule has 1 N–H and O–H groups in total. The fourth-order valence-electron chi connectivity index (χ4n) is 7.00. The fraction of sp³-hybridized carbons (Fsp3) is 0.375. The molecular formula is C40H48ClFN2O3. The first-order valence-electron chi connectivity index (χ1n) is 16.5. The molecule has 0 saturated carbocycles. The molecule has 4 aromatic rings. The first-order valence-corrected chi connectivity index (χ1v) is 16.5. The van der Waals surface area contributed by atoms with Gasteiger partial charge in [0, 0.05) is 31.0 Å². The number of halogens is 2. The molecule has 0 aliphatic carbocycles. The zero-order valence-electron chi connectivity index (χ0n) is 27.8. The van der Waals surface area contributed by atoms with Crippen molar-refractivity contribution in [3.8, 4) is 11.5 Å². The van der Waals surface area contributed by atoms with Gasteiger partial charge in [-0.25, -0.2) is 4.39 Å². The molecule has 47 heavy (non-hydrogen) atoms. The van der Waals surface area contributed by atoms with Gasteiger partial charge in [0.25, 0.3) is 0 Å². The Hall–Kier alpha value is -3.87. The molecule has 1 aliphatic rings. The number of benzene rings is 4. The fourth-order valence-corrected chi connectivity index (χ4v) is 7.00. The van der Waals surface area contributed by atoms with Crippen LogP contribution in [0.25, 0.3) is 0 Å². The molecule has 0 aromatic heterocycles. The third-order valence-electron chi connectivity index (χ3n) is 9.58. The number of aryl methyl sites for hydroxylation is 1. The van der Waals surface area contributed by atoms with E-state index < -0.39 is 0 Å². The lowest BCUT2D eigenvalue weighted by molar-refractivity contribution is -0.121.